The first-order valence-electron chi connectivity index (χ1n) is 7.89. The van der Waals surface area contributed by atoms with Crippen molar-refractivity contribution in [2.75, 3.05) is 26.2 Å². The fraction of sp³-hybridized carbons (Fsp3) is 0.933. The van der Waals surface area contributed by atoms with Gasteiger partial charge >= 0.3 is 0 Å². The summed E-state index contributed by atoms with van der Waals surface area (Å²) >= 11 is 0. The van der Waals surface area contributed by atoms with Gasteiger partial charge in [0.25, 0.3) is 0 Å². The third kappa shape index (κ3) is 2.95. The fourth-order valence-electron chi connectivity index (χ4n) is 4.04. The van der Waals surface area contributed by atoms with Crippen LogP contribution in [0.2, 0.25) is 0 Å². The molecule has 4 heteroatoms. The van der Waals surface area contributed by atoms with Crippen molar-refractivity contribution in [1.82, 2.24) is 9.80 Å². The van der Waals surface area contributed by atoms with Crippen LogP contribution in [0.15, 0.2) is 0 Å². The van der Waals surface area contributed by atoms with Crippen LogP contribution in [0.1, 0.15) is 45.4 Å². The zero-order valence-corrected chi connectivity index (χ0v) is 12.2. The van der Waals surface area contributed by atoms with Crippen molar-refractivity contribution >= 4 is 5.84 Å². The van der Waals surface area contributed by atoms with Gasteiger partial charge in [0.2, 0.25) is 0 Å². The van der Waals surface area contributed by atoms with Crippen molar-refractivity contribution in [2.45, 2.75) is 57.5 Å². The fourth-order valence-corrected chi connectivity index (χ4v) is 4.04. The van der Waals surface area contributed by atoms with Crippen LogP contribution < -0.4 is 5.73 Å². The predicted octanol–water partition coefficient (Wildman–Crippen LogP) is 1.65. The second kappa shape index (κ2) is 5.06. The summed E-state index contributed by atoms with van der Waals surface area (Å²) in [7, 11) is 0. The highest BCUT2D eigenvalue weighted by molar-refractivity contribution is 5.78. The topological polar surface area (TPSA) is 56.4 Å². The van der Waals surface area contributed by atoms with Gasteiger partial charge in [0.15, 0.2) is 0 Å². The number of nitrogens with two attached hydrogens (primary N) is 1. The number of piperazine rings is 1. The molecular formula is C15H28N4. The normalized spacial score (nSPS) is 34.8. The number of hydrogen-bond donors (Lipinski definition) is 2. The van der Waals surface area contributed by atoms with Crippen LogP contribution in [-0.2, 0) is 0 Å². The van der Waals surface area contributed by atoms with Crippen LogP contribution in [0.3, 0.4) is 0 Å². The molecule has 3 aliphatic rings. The molecule has 0 aromatic heterocycles. The number of nitrogens with one attached hydrogen (secondary N) is 1. The first kappa shape index (κ1) is 13.4. The van der Waals surface area contributed by atoms with Crippen molar-refractivity contribution in [1.29, 1.82) is 5.41 Å². The van der Waals surface area contributed by atoms with Crippen molar-refractivity contribution in [2.24, 2.45) is 11.1 Å². The predicted molar refractivity (Wildman–Crippen MR) is 78.4 cm³/mol. The van der Waals surface area contributed by atoms with Crippen molar-refractivity contribution < 1.29 is 0 Å². The molecular weight excluding hydrogens is 236 g/mol. The molecule has 3 N–H and O–H groups in total. The smallest absolute Gasteiger partial charge is 0.0911 e. The van der Waals surface area contributed by atoms with Gasteiger partial charge in [-0.15, -0.1) is 0 Å². The number of nitrogens with zero attached hydrogens (tertiary/aromatic N) is 2. The zero-order chi connectivity index (χ0) is 13.5. The Hall–Kier alpha value is -0.610. The summed E-state index contributed by atoms with van der Waals surface area (Å²) in [6.45, 7) is 7.32. The average Bonchev–Trinajstić information content (AvgIpc) is 3.09. The summed E-state index contributed by atoms with van der Waals surface area (Å²) in [5.41, 5.74) is 5.98. The Morgan fingerprint density at radius 2 is 2.11 bits per heavy atom. The largest absolute Gasteiger partial charge is 0.388 e. The number of hydrogen-bond acceptors (Lipinski definition) is 3. The van der Waals surface area contributed by atoms with E-state index >= 15 is 0 Å². The van der Waals surface area contributed by atoms with Crippen molar-refractivity contribution in [3.05, 3.63) is 0 Å². The zero-order valence-electron chi connectivity index (χ0n) is 12.2. The lowest BCUT2D eigenvalue weighted by Gasteiger charge is -2.48. The highest BCUT2D eigenvalue weighted by Crippen LogP contribution is 2.49. The van der Waals surface area contributed by atoms with Gasteiger partial charge in [-0.3, -0.25) is 15.2 Å². The van der Waals surface area contributed by atoms with Gasteiger partial charge in [-0.05, 0) is 44.6 Å². The Balaban J connectivity index is 1.60. The quantitative estimate of drug-likeness (QED) is 0.599. The molecule has 2 saturated heterocycles. The van der Waals surface area contributed by atoms with Gasteiger partial charge < -0.3 is 5.73 Å². The van der Waals surface area contributed by atoms with Crippen molar-refractivity contribution in [3.63, 3.8) is 0 Å². The molecule has 3 fully saturated rings. The van der Waals surface area contributed by atoms with E-state index in [2.05, 4.69) is 16.7 Å². The Labute approximate surface area is 116 Å². The Kier molecular flexibility index (Phi) is 3.56. The second-order valence-electron chi connectivity index (χ2n) is 7.13. The maximum absolute atomic E-state index is 7.56. The first-order valence-corrected chi connectivity index (χ1v) is 7.89. The number of fused-ring (bicyclic) bond motifs is 1. The SMILES string of the molecule is CC1CN2CCCCC2CN1CC1(CC(=N)N)CC1. The van der Waals surface area contributed by atoms with E-state index in [1.54, 1.807) is 0 Å². The maximum Gasteiger partial charge on any atom is 0.0911 e. The molecule has 0 bridgehead atoms. The van der Waals surface area contributed by atoms with Crippen LogP contribution in [0, 0.1) is 10.8 Å². The molecule has 0 aromatic rings. The molecule has 0 radical (unpaired) electrons. The molecule has 0 aromatic carbocycles. The van der Waals surface area contributed by atoms with Gasteiger partial charge in [-0.1, -0.05) is 6.42 Å². The molecule has 2 aliphatic heterocycles. The van der Waals surface area contributed by atoms with E-state index in [1.165, 1.54) is 51.7 Å². The number of rotatable bonds is 4. The maximum atomic E-state index is 7.56. The average molecular weight is 264 g/mol. The van der Waals surface area contributed by atoms with E-state index in [0.29, 0.717) is 17.3 Å². The van der Waals surface area contributed by atoms with Gasteiger partial charge in [-0.2, -0.15) is 0 Å². The summed E-state index contributed by atoms with van der Waals surface area (Å²) in [6, 6.07) is 1.46. The van der Waals surface area contributed by atoms with Gasteiger partial charge in [0.1, 0.15) is 0 Å². The number of piperidine rings is 1. The van der Waals surface area contributed by atoms with E-state index < -0.39 is 0 Å². The molecule has 0 amide bonds. The van der Waals surface area contributed by atoms with E-state index in [-0.39, 0.29) is 0 Å². The molecule has 19 heavy (non-hydrogen) atoms. The lowest BCUT2D eigenvalue weighted by Crippen LogP contribution is -2.59. The highest BCUT2D eigenvalue weighted by atomic mass is 15.3. The molecule has 0 spiro atoms. The minimum absolute atomic E-state index is 0.358. The van der Waals surface area contributed by atoms with Crippen LogP contribution in [0.5, 0.6) is 0 Å². The minimum atomic E-state index is 0.358. The standard InChI is InChI=1S/C15H28N4/c1-12-9-18-7-3-2-4-13(18)10-19(12)11-15(5-6-15)8-14(16)17/h12-13H,2-11H2,1H3,(H3,16,17). The van der Waals surface area contributed by atoms with Crippen LogP contribution in [0.4, 0.5) is 0 Å². The Bertz CT molecular complexity index is 350. The molecule has 2 atom stereocenters. The number of amidine groups is 1. The molecule has 108 valence electrons. The second-order valence-corrected chi connectivity index (χ2v) is 7.13. The summed E-state index contributed by atoms with van der Waals surface area (Å²) in [4.78, 5) is 5.39. The molecule has 4 nitrogen and oxygen atoms in total. The summed E-state index contributed by atoms with van der Waals surface area (Å²) in [5.74, 6) is 0.376. The highest BCUT2D eigenvalue weighted by Gasteiger charge is 2.46. The lowest BCUT2D eigenvalue weighted by molar-refractivity contribution is 0.00579. The molecule has 1 aliphatic carbocycles. The molecule has 2 unspecified atom stereocenters. The monoisotopic (exact) mass is 264 g/mol. The lowest BCUT2D eigenvalue weighted by atomic mass is 9.94. The molecule has 3 rings (SSSR count). The summed E-state index contributed by atoms with van der Waals surface area (Å²) < 4.78 is 0. The summed E-state index contributed by atoms with van der Waals surface area (Å²) in [6.07, 6.45) is 7.52. The van der Waals surface area contributed by atoms with E-state index in [1.807, 2.05) is 0 Å². The first-order chi connectivity index (χ1) is 9.08. The molecule has 1 saturated carbocycles. The van der Waals surface area contributed by atoms with E-state index in [4.69, 9.17) is 11.1 Å². The van der Waals surface area contributed by atoms with Gasteiger partial charge in [-0.25, -0.2) is 0 Å². The molecule has 2 heterocycles. The Morgan fingerprint density at radius 3 is 2.79 bits per heavy atom. The Morgan fingerprint density at radius 1 is 1.32 bits per heavy atom. The van der Waals surface area contributed by atoms with Crippen LogP contribution in [0.25, 0.3) is 0 Å². The minimum Gasteiger partial charge on any atom is -0.388 e. The van der Waals surface area contributed by atoms with E-state index in [9.17, 15) is 0 Å². The van der Waals surface area contributed by atoms with Gasteiger partial charge in [0, 0.05) is 38.1 Å². The third-order valence-corrected chi connectivity index (χ3v) is 5.38. The van der Waals surface area contributed by atoms with Gasteiger partial charge in [0.05, 0.1) is 5.84 Å². The van der Waals surface area contributed by atoms with Crippen LogP contribution in [-0.4, -0.2) is 53.9 Å². The summed E-state index contributed by atoms with van der Waals surface area (Å²) in [5, 5.41) is 7.56. The van der Waals surface area contributed by atoms with Crippen molar-refractivity contribution in [3.8, 4) is 0 Å². The van der Waals surface area contributed by atoms with Crippen LogP contribution >= 0.6 is 0 Å². The third-order valence-electron chi connectivity index (χ3n) is 5.38. The van der Waals surface area contributed by atoms with E-state index in [0.717, 1.165) is 19.0 Å².